The molecule has 0 amide bonds. The molecule has 2 fully saturated rings. The zero-order chi connectivity index (χ0) is 11.5. The molecule has 0 bridgehead atoms. The lowest BCUT2D eigenvalue weighted by Crippen LogP contribution is -2.26. The van der Waals surface area contributed by atoms with Gasteiger partial charge in [-0.2, -0.15) is 4.98 Å². The van der Waals surface area contributed by atoms with Crippen LogP contribution in [-0.2, 0) is 0 Å². The number of piperidine rings is 1. The van der Waals surface area contributed by atoms with Crippen LogP contribution in [0.15, 0.2) is 4.52 Å². The van der Waals surface area contributed by atoms with Crippen LogP contribution in [0.5, 0.6) is 0 Å². The zero-order valence-corrected chi connectivity index (χ0v) is 11.5. The molecule has 0 aromatic carbocycles. The van der Waals surface area contributed by atoms with Crippen LogP contribution >= 0.6 is 12.4 Å². The zero-order valence-electron chi connectivity index (χ0n) is 10.7. The third-order valence-electron chi connectivity index (χ3n) is 4.12. The number of hydrogen-bond acceptors (Lipinski definition) is 4. The molecule has 1 aromatic rings. The Bertz CT molecular complexity index is 324. The maximum atomic E-state index is 5.47. The predicted octanol–water partition coefficient (Wildman–Crippen LogP) is 3.01. The van der Waals surface area contributed by atoms with Crippen LogP contribution in [0, 0.1) is 0 Å². The van der Waals surface area contributed by atoms with E-state index in [9.17, 15) is 0 Å². The van der Waals surface area contributed by atoms with E-state index in [-0.39, 0.29) is 12.4 Å². The first-order valence-electron chi connectivity index (χ1n) is 6.97. The van der Waals surface area contributed by atoms with Crippen molar-refractivity contribution in [2.75, 3.05) is 13.1 Å². The van der Waals surface area contributed by atoms with E-state index in [1.807, 2.05) is 0 Å². The van der Waals surface area contributed by atoms with Gasteiger partial charge in [0.25, 0.3) is 0 Å². The van der Waals surface area contributed by atoms with E-state index in [0.29, 0.717) is 11.8 Å². The minimum atomic E-state index is 0. The Morgan fingerprint density at radius 3 is 2.39 bits per heavy atom. The lowest BCUT2D eigenvalue weighted by atomic mass is 9.89. The van der Waals surface area contributed by atoms with E-state index in [0.717, 1.165) is 37.6 Å². The van der Waals surface area contributed by atoms with Gasteiger partial charge in [0, 0.05) is 11.8 Å². The Morgan fingerprint density at radius 2 is 1.67 bits per heavy atom. The molecule has 0 unspecified atom stereocenters. The molecule has 1 N–H and O–H groups in total. The number of nitrogens with one attached hydrogen (secondary N) is 1. The van der Waals surface area contributed by atoms with Crippen LogP contribution in [0.25, 0.3) is 0 Å². The summed E-state index contributed by atoms with van der Waals surface area (Å²) < 4.78 is 5.47. The van der Waals surface area contributed by atoms with E-state index in [2.05, 4.69) is 15.5 Å². The maximum absolute atomic E-state index is 5.47. The van der Waals surface area contributed by atoms with E-state index >= 15 is 0 Å². The molecule has 4 nitrogen and oxygen atoms in total. The summed E-state index contributed by atoms with van der Waals surface area (Å²) >= 11 is 0. The maximum Gasteiger partial charge on any atom is 0.229 e. The molecule has 1 saturated heterocycles. The summed E-state index contributed by atoms with van der Waals surface area (Å²) in [6, 6.07) is 0. The van der Waals surface area contributed by atoms with E-state index in [4.69, 9.17) is 4.52 Å². The van der Waals surface area contributed by atoms with Crippen LogP contribution in [-0.4, -0.2) is 23.2 Å². The average Bonchev–Trinajstić information content (AvgIpc) is 2.90. The molecular weight excluding hydrogens is 250 g/mol. The Balaban J connectivity index is 0.00000120. The highest BCUT2D eigenvalue weighted by Crippen LogP contribution is 2.32. The molecule has 1 saturated carbocycles. The molecule has 1 aliphatic carbocycles. The van der Waals surface area contributed by atoms with Gasteiger partial charge < -0.3 is 9.84 Å². The number of aromatic nitrogens is 2. The van der Waals surface area contributed by atoms with Crippen molar-refractivity contribution in [3.63, 3.8) is 0 Å². The normalized spacial score (nSPS) is 22.7. The number of nitrogens with zero attached hydrogens (tertiary/aromatic N) is 2. The highest BCUT2D eigenvalue weighted by Gasteiger charge is 2.25. The lowest BCUT2D eigenvalue weighted by molar-refractivity contribution is 0.314. The second-order valence-electron chi connectivity index (χ2n) is 5.35. The molecule has 0 atom stereocenters. The number of rotatable bonds is 2. The highest BCUT2D eigenvalue weighted by molar-refractivity contribution is 5.85. The van der Waals surface area contributed by atoms with E-state index in [1.165, 1.54) is 32.1 Å². The van der Waals surface area contributed by atoms with Crippen molar-refractivity contribution in [1.29, 1.82) is 0 Å². The van der Waals surface area contributed by atoms with Crippen molar-refractivity contribution in [2.45, 2.75) is 56.8 Å². The summed E-state index contributed by atoms with van der Waals surface area (Å²) in [7, 11) is 0. The first kappa shape index (κ1) is 13.8. The quantitative estimate of drug-likeness (QED) is 0.898. The second-order valence-corrected chi connectivity index (χ2v) is 5.35. The molecule has 0 radical (unpaired) electrons. The molecular formula is C13H22ClN3O. The summed E-state index contributed by atoms with van der Waals surface area (Å²) in [6.45, 7) is 2.15. The third kappa shape index (κ3) is 3.04. The van der Waals surface area contributed by atoms with Crippen molar-refractivity contribution >= 4 is 12.4 Å². The smallest absolute Gasteiger partial charge is 0.229 e. The SMILES string of the molecule is C1CCC(c2noc(C3CCNCC3)n2)CC1.Cl. The van der Waals surface area contributed by atoms with Gasteiger partial charge in [-0.15, -0.1) is 12.4 Å². The van der Waals surface area contributed by atoms with E-state index in [1.54, 1.807) is 0 Å². The first-order chi connectivity index (χ1) is 8.43. The van der Waals surface area contributed by atoms with Crippen LogP contribution in [0.2, 0.25) is 0 Å². The summed E-state index contributed by atoms with van der Waals surface area (Å²) in [5.74, 6) is 2.90. The lowest BCUT2D eigenvalue weighted by Gasteiger charge is -2.19. The minimum Gasteiger partial charge on any atom is -0.339 e. The fourth-order valence-electron chi connectivity index (χ4n) is 3.01. The average molecular weight is 272 g/mol. The van der Waals surface area contributed by atoms with Gasteiger partial charge in [0.2, 0.25) is 5.89 Å². The molecule has 2 heterocycles. The van der Waals surface area contributed by atoms with Gasteiger partial charge in [-0.25, -0.2) is 0 Å². The van der Waals surface area contributed by atoms with Crippen LogP contribution < -0.4 is 5.32 Å². The molecule has 5 heteroatoms. The third-order valence-corrected chi connectivity index (χ3v) is 4.12. The van der Waals surface area contributed by atoms with Gasteiger partial charge in [0.15, 0.2) is 5.82 Å². The fraction of sp³-hybridized carbons (Fsp3) is 0.846. The molecule has 2 aliphatic rings. The summed E-state index contributed by atoms with van der Waals surface area (Å²) in [5.41, 5.74) is 0. The van der Waals surface area contributed by atoms with Gasteiger partial charge in [-0.1, -0.05) is 24.4 Å². The van der Waals surface area contributed by atoms with Crippen LogP contribution in [0.1, 0.15) is 68.5 Å². The minimum absolute atomic E-state index is 0. The molecule has 18 heavy (non-hydrogen) atoms. The molecule has 102 valence electrons. The van der Waals surface area contributed by atoms with Crippen LogP contribution in [0.4, 0.5) is 0 Å². The Kier molecular flexibility index (Phi) is 5.01. The molecule has 3 rings (SSSR count). The second kappa shape index (κ2) is 6.53. The van der Waals surface area contributed by atoms with Gasteiger partial charge in [-0.05, 0) is 38.8 Å². The largest absolute Gasteiger partial charge is 0.339 e. The van der Waals surface area contributed by atoms with Crippen molar-refractivity contribution in [3.05, 3.63) is 11.7 Å². The molecule has 1 aromatic heterocycles. The first-order valence-corrected chi connectivity index (χ1v) is 6.97. The van der Waals surface area contributed by atoms with E-state index < -0.39 is 0 Å². The summed E-state index contributed by atoms with van der Waals surface area (Å²) in [5, 5.41) is 7.57. The van der Waals surface area contributed by atoms with Crippen molar-refractivity contribution < 1.29 is 4.52 Å². The summed E-state index contributed by atoms with van der Waals surface area (Å²) in [4.78, 5) is 4.65. The standard InChI is InChI=1S/C13H21N3O.ClH/c1-2-4-10(5-3-1)12-15-13(17-16-12)11-6-8-14-9-7-11;/h10-11,14H,1-9H2;1H. The Hall–Kier alpha value is -0.610. The molecule has 0 spiro atoms. The van der Waals surface area contributed by atoms with Gasteiger partial charge in [0.05, 0.1) is 0 Å². The molecule has 1 aliphatic heterocycles. The number of halogens is 1. The monoisotopic (exact) mass is 271 g/mol. The fourth-order valence-corrected chi connectivity index (χ4v) is 3.01. The topological polar surface area (TPSA) is 51.0 Å². The Morgan fingerprint density at radius 1 is 0.944 bits per heavy atom. The van der Waals surface area contributed by atoms with Gasteiger partial charge in [-0.3, -0.25) is 0 Å². The highest BCUT2D eigenvalue weighted by atomic mass is 35.5. The van der Waals surface area contributed by atoms with Crippen molar-refractivity contribution in [3.8, 4) is 0 Å². The summed E-state index contributed by atoms with van der Waals surface area (Å²) in [6.07, 6.45) is 8.76. The van der Waals surface area contributed by atoms with Crippen molar-refractivity contribution in [2.24, 2.45) is 0 Å². The number of hydrogen-bond donors (Lipinski definition) is 1. The van der Waals surface area contributed by atoms with Gasteiger partial charge >= 0.3 is 0 Å². The van der Waals surface area contributed by atoms with Crippen LogP contribution in [0.3, 0.4) is 0 Å². The Labute approximate surface area is 114 Å². The van der Waals surface area contributed by atoms with Gasteiger partial charge in [0.1, 0.15) is 0 Å². The van der Waals surface area contributed by atoms with Crippen molar-refractivity contribution in [1.82, 2.24) is 15.5 Å². The predicted molar refractivity (Wildman–Crippen MR) is 72.2 cm³/mol.